The van der Waals surface area contributed by atoms with E-state index in [0.29, 0.717) is 19.6 Å². The molecule has 0 radical (unpaired) electrons. The molecule has 2 saturated heterocycles. The minimum Gasteiger partial charge on any atom is -0.364 e. The van der Waals surface area contributed by atoms with Gasteiger partial charge in [0.15, 0.2) is 5.96 Å². The van der Waals surface area contributed by atoms with Gasteiger partial charge in [0.05, 0.1) is 11.4 Å². The van der Waals surface area contributed by atoms with E-state index in [1.54, 1.807) is 29.4 Å². The average Bonchev–Trinajstić information content (AvgIpc) is 3.20. The normalized spacial score (nSPS) is 20.8. The summed E-state index contributed by atoms with van der Waals surface area (Å²) >= 11 is 1.81. The lowest BCUT2D eigenvalue weighted by atomic mass is 10.3. The van der Waals surface area contributed by atoms with Gasteiger partial charge >= 0.3 is 0 Å². The number of piperazine rings is 1. The number of rotatable bonds is 6. The maximum absolute atomic E-state index is 12.4. The van der Waals surface area contributed by atoms with Crippen molar-refractivity contribution in [1.82, 2.24) is 24.6 Å². The van der Waals surface area contributed by atoms with Crippen molar-refractivity contribution in [3.8, 4) is 0 Å². The molecule has 1 aromatic rings. The number of hydrogen-bond acceptors (Lipinski definition) is 7. The zero-order chi connectivity index (χ0) is 19.1. The minimum atomic E-state index is -3.20. The third-order valence-electron chi connectivity index (χ3n) is 4.77. The molecule has 0 saturated carbocycles. The first-order valence-corrected chi connectivity index (χ1v) is 12.0. The highest BCUT2D eigenvalue weighted by molar-refractivity contribution is 7.99. The van der Waals surface area contributed by atoms with Gasteiger partial charge in [-0.3, -0.25) is 9.89 Å². The second-order valence-electron chi connectivity index (χ2n) is 6.56. The second-order valence-corrected chi connectivity index (χ2v) is 9.87. The molecule has 3 heterocycles. The molecule has 0 spiro atoms. The van der Waals surface area contributed by atoms with Gasteiger partial charge in [0.25, 0.3) is 0 Å². The van der Waals surface area contributed by atoms with Crippen LogP contribution in [-0.2, 0) is 16.6 Å². The number of aromatic nitrogens is 1. The lowest BCUT2D eigenvalue weighted by Crippen LogP contribution is -2.53. The van der Waals surface area contributed by atoms with E-state index in [-0.39, 0.29) is 5.75 Å². The van der Waals surface area contributed by atoms with Crippen LogP contribution in [0.3, 0.4) is 0 Å². The topological polar surface area (TPSA) is 94.3 Å². The molecule has 2 aliphatic rings. The predicted octanol–water partition coefficient (Wildman–Crippen LogP) is -0.254. The Bertz CT molecular complexity index is 696. The molecule has 0 bridgehead atoms. The number of aliphatic imine (C=N–C) groups is 1. The van der Waals surface area contributed by atoms with Crippen LogP contribution in [0.5, 0.6) is 0 Å². The summed E-state index contributed by atoms with van der Waals surface area (Å²) in [5.41, 5.74) is 0.937. The van der Waals surface area contributed by atoms with Crippen LogP contribution in [0.2, 0.25) is 0 Å². The molecule has 27 heavy (non-hydrogen) atoms. The van der Waals surface area contributed by atoms with Crippen molar-refractivity contribution in [2.24, 2.45) is 4.99 Å². The van der Waals surface area contributed by atoms with Crippen molar-refractivity contribution in [1.29, 1.82) is 0 Å². The van der Waals surface area contributed by atoms with Crippen LogP contribution in [0.15, 0.2) is 21.8 Å². The number of guanidine groups is 1. The number of hydrogen-bond donors (Lipinski definition) is 1. The molecule has 9 nitrogen and oxygen atoms in total. The molecular formula is C16H28N6O3S2. The Morgan fingerprint density at radius 3 is 2.63 bits per heavy atom. The molecule has 152 valence electrons. The molecule has 2 fully saturated rings. The van der Waals surface area contributed by atoms with E-state index in [2.05, 4.69) is 25.3 Å². The summed E-state index contributed by atoms with van der Waals surface area (Å²) in [4.78, 5) is 8.81. The Morgan fingerprint density at radius 2 is 2.00 bits per heavy atom. The third-order valence-corrected chi connectivity index (χ3v) is 7.58. The van der Waals surface area contributed by atoms with Gasteiger partial charge in [0.2, 0.25) is 10.0 Å². The lowest BCUT2D eigenvalue weighted by molar-refractivity contribution is 0.169. The van der Waals surface area contributed by atoms with E-state index in [0.717, 1.165) is 55.9 Å². The first kappa shape index (κ1) is 20.4. The highest BCUT2D eigenvalue weighted by Crippen LogP contribution is 2.13. The summed E-state index contributed by atoms with van der Waals surface area (Å²) in [6, 6.07) is 1.88. The van der Waals surface area contributed by atoms with Crippen molar-refractivity contribution in [3.05, 3.63) is 18.0 Å². The molecular weight excluding hydrogens is 388 g/mol. The first-order valence-electron chi connectivity index (χ1n) is 9.21. The van der Waals surface area contributed by atoms with Crippen LogP contribution in [0.4, 0.5) is 0 Å². The molecule has 0 aliphatic carbocycles. The van der Waals surface area contributed by atoms with Crippen LogP contribution in [0, 0.1) is 0 Å². The van der Waals surface area contributed by atoms with Crippen molar-refractivity contribution in [2.45, 2.75) is 6.54 Å². The van der Waals surface area contributed by atoms with Gasteiger partial charge in [0.1, 0.15) is 6.26 Å². The van der Waals surface area contributed by atoms with Crippen molar-refractivity contribution in [3.63, 3.8) is 0 Å². The number of sulfonamides is 1. The Kier molecular flexibility index (Phi) is 7.39. The van der Waals surface area contributed by atoms with Crippen LogP contribution >= 0.6 is 11.8 Å². The zero-order valence-electron chi connectivity index (χ0n) is 15.7. The number of thioether (sulfide) groups is 1. The van der Waals surface area contributed by atoms with Crippen LogP contribution in [0.25, 0.3) is 0 Å². The molecule has 1 aromatic heterocycles. The molecule has 0 atom stereocenters. The molecule has 0 unspecified atom stereocenters. The van der Waals surface area contributed by atoms with E-state index < -0.39 is 10.0 Å². The van der Waals surface area contributed by atoms with E-state index in [1.165, 1.54) is 0 Å². The Balaban J connectivity index is 1.41. The molecule has 0 aromatic carbocycles. The van der Waals surface area contributed by atoms with Crippen molar-refractivity contribution in [2.75, 3.05) is 70.1 Å². The summed E-state index contributed by atoms with van der Waals surface area (Å²) in [6.45, 7) is 5.88. The van der Waals surface area contributed by atoms with Gasteiger partial charge in [-0.15, -0.1) is 0 Å². The second kappa shape index (κ2) is 9.76. The fourth-order valence-electron chi connectivity index (χ4n) is 3.24. The fraction of sp³-hybridized carbons (Fsp3) is 0.750. The largest absolute Gasteiger partial charge is 0.364 e. The van der Waals surface area contributed by atoms with Crippen LogP contribution in [-0.4, -0.2) is 104 Å². The van der Waals surface area contributed by atoms with E-state index in [4.69, 9.17) is 4.52 Å². The van der Waals surface area contributed by atoms with Gasteiger partial charge in [-0.05, 0) is 0 Å². The quantitative estimate of drug-likeness (QED) is 0.501. The lowest BCUT2D eigenvalue weighted by Gasteiger charge is -2.36. The standard InChI is InChI=1S/C16H28N6O3S2/c1-17-16(18-3-13-27(23,24)22-8-11-26-12-9-22)21-6-4-20(5-7-21)14-15-2-10-25-19-15/h2,10H,3-9,11-14H2,1H3,(H,17,18). The Morgan fingerprint density at radius 1 is 1.26 bits per heavy atom. The highest BCUT2D eigenvalue weighted by Gasteiger charge is 2.25. The molecule has 2 aliphatic heterocycles. The summed E-state index contributed by atoms with van der Waals surface area (Å²) < 4.78 is 31.3. The van der Waals surface area contributed by atoms with E-state index in [9.17, 15) is 8.42 Å². The Hall–Kier alpha value is -1.30. The summed E-state index contributed by atoms with van der Waals surface area (Å²) in [5.74, 6) is 2.63. The van der Waals surface area contributed by atoms with Crippen molar-refractivity contribution >= 4 is 27.7 Å². The van der Waals surface area contributed by atoms with Gasteiger partial charge in [-0.25, -0.2) is 12.7 Å². The summed E-state index contributed by atoms with van der Waals surface area (Å²) in [6.07, 6.45) is 1.59. The first-order chi connectivity index (χ1) is 13.1. The monoisotopic (exact) mass is 416 g/mol. The van der Waals surface area contributed by atoms with E-state index >= 15 is 0 Å². The van der Waals surface area contributed by atoms with Crippen LogP contribution < -0.4 is 5.32 Å². The number of nitrogens with one attached hydrogen (secondary N) is 1. The molecule has 0 amide bonds. The molecule has 3 rings (SSSR count). The molecule has 1 N–H and O–H groups in total. The van der Waals surface area contributed by atoms with Gasteiger partial charge in [-0.1, -0.05) is 5.16 Å². The SMILES string of the molecule is CN=C(NCCS(=O)(=O)N1CCSCC1)N1CCN(Cc2ccon2)CC1. The van der Waals surface area contributed by atoms with E-state index in [1.807, 2.05) is 6.07 Å². The van der Waals surface area contributed by atoms with Crippen molar-refractivity contribution < 1.29 is 12.9 Å². The summed E-state index contributed by atoms with van der Waals surface area (Å²) in [7, 11) is -1.46. The van der Waals surface area contributed by atoms with Crippen LogP contribution in [0.1, 0.15) is 5.69 Å². The third kappa shape index (κ3) is 5.84. The maximum atomic E-state index is 12.4. The van der Waals surface area contributed by atoms with Gasteiger partial charge in [0, 0.05) is 77.0 Å². The fourth-order valence-corrected chi connectivity index (χ4v) is 5.74. The maximum Gasteiger partial charge on any atom is 0.215 e. The number of nitrogens with zero attached hydrogens (tertiary/aromatic N) is 5. The average molecular weight is 417 g/mol. The zero-order valence-corrected chi connectivity index (χ0v) is 17.3. The van der Waals surface area contributed by atoms with Gasteiger partial charge < -0.3 is 14.7 Å². The predicted molar refractivity (Wildman–Crippen MR) is 107 cm³/mol. The smallest absolute Gasteiger partial charge is 0.215 e. The Labute approximate surface area is 165 Å². The van der Waals surface area contributed by atoms with Gasteiger partial charge in [-0.2, -0.15) is 11.8 Å². The molecule has 11 heteroatoms. The summed E-state index contributed by atoms with van der Waals surface area (Å²) in [5, 5.41) is 7.17. The minimum absolute atomic E-state index is 0.100. The highest BCUT2D eigenvalue weighted by atomic mass is 32.2.